The van der Waals surface area contributed by atoms with Gasteiger partial charge in [-0.3, -0.25) is 4.98 Å². The molecular weight excluding hydrogens is 374 g/mol. The van der Waals surface area contributed by atoms with Crippen molar-refractivity contribution in [3.8, 4) is 17.1 Å². The van der Waals surface area contributed by atoms with E-state index in [9.17, 15) is 0 Å². The Morgan fingerprint density at radius 1 is 0.967 bits per heavy atom. The van der Waals surface area contributed by atoms with Gasteiger partial charge < -0.3 is 15.0 Å². The highest BCUT2D eigenvalue weighted by Gasteiger charge is 2.19. The van der Waals surface area contributed by atoms with Crippen LogP contribution in [0.3, 0.4) is 0 Å². The molecule has 0 fully saturated rings. The summed E-state index contributed by atoms with van der Waals surface area (Å²) in [7, 11) is 5.84. The van der Waals surface area contributed by atoms with E-state index in [0.29, 0.717) is 12.4 Å². The van der Waals surface area contributed by atoms with Crippen LogP contribution < -0.4 is 10.1 Å². The Labute approximate surface area is 176 Å². The van der Waals surface area contributed by atoms with Crippen LogP contribution in [0.5, 0.6) is 5.75 Å². The van der Waals surface area contributed by atoms with Crippen molar-refractivity contribution in [3.05, 3.63) is 78.6 Å². The number of methoxy groups -OCH3 is 1. The minimum absolute atomic E-state index is 0.108. The van der Waals surface area contributed by atoms with Gasteiger partial charge in [0.25, 0.3) is 0 Å². The number of anilines is 1. The maximum atomic E-state index is 5.59. The minimum Gasteiger partial charge on any atom is -0.496 e. The molecule has 0 bridgehead atoms. The van der Waals surface area contributed by atoms with Gasteiger partial charge in [-0.1, -0.05) is 30.3 Å². The molecule has 6 heteroatoms. The van der Waals surface area contributed by atoms with Gasteiger partial charge in [-0.2, -0.15) is 0 Å². The number of benzene rings is 2. The van der Waals surface area contributed by atoms with Crippen molar-refractivity contribution in [2.45, 2.75) is 6.04 Å². The van der Waals surface area contributed by atoms with Crippen molar-refractivity contribution in [2.24, 2.45) is 0 Å². The van der Waals surface area contributed by atoms with E-state index in [0.717, 1.165) is 33.6 Å². The third kappa shape index (κ3) is 4.09. The number of aromatic nitrogens is 3. The lowest BCUT2D eigenvalue weighted by atomic mass is 10.0. The van der Waals surface area contributed by atoms with E-state index in [1.165, 1.54) is 0 Å². The normalized spacial score (nSPS) is 12.1. The summed E-state index contributed by atoms with van der Waals surface area (Å²) >= 11 is 0. The van der Waals surface area contributed by atoms with E-state index in [-0.39, 0.29) is 6.04 Å². The molecule has 0 saturated heterocycles. The average molecular weight is 399 g/mol. The van der Waals surface area contributed by atoms with Crippen LogP contribution in [-0.4, -0.2) is 47.6 Å². The number of ether oxygens (including phenoxy) is 1. The van der Waals surface area contributed by atoms with Gasteiger partial charge in [0.15, 0.2) is 5.82 Å². The highest BCUT2D eigenvalue weighted by molar-refractivity contribution is 5.90. The maximum absolute atomic E-state index is 5.59. The zero-order valence-corrected chi connectivity index (χ0v) is 17.4. The Bertz CT molecular complexity index is 1130. The van der Waals surface area contributed by atoms with E-state index in [4.69, 9.17) is 14.7 Å². The van der Waals surface area contributed by atoms with Crippen molar-refractivity contribution >= 4 is 16.7 Å². The molecule has 0 aliphatic heterocycles. The van der Waals surface area contributed by atoms with Crippen molar-refractivity contribution in [2.75, 3.05) is 33.1 Å². The Morgan fingerprint density at radius 2 is 1.77 bits per heavy atom. The molecule has 2 aromatic carbocycles. The lowest BCUT2D eigenvalue weighted by molar-refractivity contribution is 0.300. The summed E-state index contributed by atoms with van der Waals surface area (Å²) in [5.74, 6) is 2.34. The van der Waals surface area contributed by atoms with Gasteiger partial charge in [-0.05, 0) is 44.4 Å². The molecule has 0 unspecified atom stereocenters. The molecule has 0 aliphatic carbocycles. The Balaban J connectivity index is 1.70. The van der Waals surface area contributed by atoms with Crippen LogP contribution in [0.4, 0.5) is 5.82 Å². The molecule has 0 aliphatic rings. The summed E-state index contributed by atoms with van der Waals surface area (Å²) in [6.45, 7) is 0.668. The predicted octanol–water partition coefficient (Wildman–Crippen LogP) is 4.42. The highest BCUT2D eigenvalue weighted by Crippen LogP contribution is 2.30. The number of hydrogen-bond donors (Lipinski definition) is 1. The number of rotatable bonds is 7. The first-order chi connectivity index (χ1) is 14.7. The summed E-state index contributed by atoms with van der Waals surface area (Å²) in [5, 5.41) is 4.55. The molecule has 152 valence electrons. The molecule has 4 aromatic rings. The molecule has 6 nitrogen and oxygen atoms in total. The third-order valence-electron chi connectivity index (χ3n) is 5.11. The van der Waals surface area contributed by atoms with Crippen molar-refractivity contribution in [1.82, 2.24) is 19.9 Å². The molecule has 4 rings (SSSR count). The van der Waals surface area contributed by atoms with E-state index in [2.05, 4.69) is 35.4 Å². The second kappa shape index (κ2) is 8.88. The van der Waals surface area contributed by atoms with E-state index < -0.39 is 0 Å². The van der Waals surface area contributed by atoms with Gasteiger partial charge in [-0.15, -0.1) is 0 Å². The van der Waals surface area contributed by atoms with Crippen LogP contribution in [0.25, 0.3) is 22.3 Å². The quantitative estimate of drug-likeness (QED) is 0.496. The summed E-state index contributed by atoms with van der Waals surface area (Å²) in [5.41, 5.74) is 2.91. The van der Waals surface area contributed by atoms with Crippen molar-refractivity contribution in [3.63, 3.8) is 0 Å². The number of nitrogens with zero attached hydrogens (tertiary/aromatic N) is 4. The summed E-state index contributed by atoms with van der Waals surface area (Å²) in [4.78, 5) is 15.9. The Morgan fingerprint density at radius 3 is 2.53 bits per heavy atom. The first-order valence-electron chi connectivity index (χ1n) is 9.88. The third-order valence-corrected chi connectivity index (χ3v) is 5.11. The van der Waals surface area contributed by atoms with Crippen molar-refractivity contribution < 1.29 is 4.74 Å². The molecule has 0 spiro atoms. The Hall–Kier alpha value is -3.51. The number of para-hydroxylation sites is 2. The first-order valence-corrected chi connectivity index (χ1v) is 9.88. The average Bonchev–Trinajstić information content (AvgIpc) is 2.79. The second-order valence-corrected chi connectivity index (χ2v) is 7.26. The van der Waals surface area contributed by atoms with Gasteiger partial charge in [0, 0.05) is 35.5 Å². The van der Waals surface area contributed by atoms with Crippen LogP contribution in [-0.2, 0) is 0 Å². The van der Waals surface area contributed by atoms with E-state index in [1.54, 1.807) is 19.5 Å². The second-order valence-electron chi connectivity index (χ2n) is 7.26. The van der Waals surface area contributed by atoms with Gasteiger partial charge in [0.1, 0.15) is 11.6 Å². The van der Waals surface area contributed by atoms with Crippen LogP contribution in [0.1, 0.15) is 11.6 Å². The van der Waals surface area contributed by atoms with E-state index >= 15 is 0 Å². The van der Waals surface area contributed by atoms with Crippen molar-refractivity contribution in [1.29, 1.82) is 0 Å². The fraction of sp³-hybridized carbons (Fsp3) is 0.208. The molecule has 0 amide bonds. The maximum Gasteiger partial charge on any atom is 0.163 e. The van der Waals surface area contributed by atoms with Gasteiger partial charge in [-0.25, -0.2) is 9.97 Å². The fourth-order valence-electron chi connectivity index (χ4n) is 3.54. The van der Waals surface area contributed by atoms with Gasteiger partial charge in [0.2, 0.25) is 0 Å². The molecule has 30 heavy (non-hydrogen) atoms. The monoisotopic (exact) mass is 399 g/mol. The molecule has 0 saturated carbocycles. The van der Waals surface area contributed by atoms with Crippen LogP contribution >= 0.6 is 0 Å². The topological polar surface area (TPSA) is 63.2 Å². The molecule has 1 atom stereocenters. The van der Waals surface area contributed by atoms with Crippen LogP contribution in [0.15, 0.2) is 73.1 Å². The molecule has 2 aromatic heterocycles. The highest BCUT2D eigenvalue weighted by atomic mass is 16.5. The zero-order chi connectivity index (χ0) is 20.9. The molecule has 0 radical (unpaired) electrons. The molecule has 1 N–H and O–H groups in total. The van der Waals surface area contributed by atoms with Crippen LogP contribution in [0, 0.1) is 0 Å². The largest absolute Gasteiger partial charge is 0.496 e. The standard InChI is InChI=1S/C24H25N5O/c1-29(2)21(19-11-5-7-13-22(19)30-3)16-26-24-18-10-4-6-12-20(18)27-23(28-24)17-9-8-14-25-15-17/h4-15,21H,16H2,1-3H3,(H,26,27,28)/t21-/m1/s1. The molecule has 2 heterocycles. The Kier molecular flexibility index (Phi) is 5.86. The smallest absolute Gasteiger partial charge is 0.163 e. The number of pyridine rings is 1. The zero-order valence-electron chi connectivity index (χ0n) is 17.4. The number of nitrogens with one attached hydrogen (secondary N) is 1. The van der Waals surface area contributed by atoms with Gasteiger partial charge in [0.05, 0.1) is 18.7 Å². The fourth-order valence-corrected chi connectivity index (χ4v) is 3.54. The number of fused-ring (bicyclic) bond motifs is 1. The summed E-state index contributed by atoms with van der Waals surface area (Å²) in [6.07, 6.45) is 3.53. The predicted molar refractivity (Wildman–Crippen MR) is 121 cm³/mol. The number of hydrogen-bond acceptors (Lipinski definition) is 6. The first kappa shape index (κ1) is 19.8. The molecular formula is C24H25N5O. The SMILES string of the molecule is COc1ccccc1[C@@H](CNc1nc(-c2cccnc2)nc2ccccc12)N(C)C. The summed E-state index contributed by atoms with van der Waals surface area (Å²) < 4.78 is 5.59. The number of likely N-dealkylation sites (N-methyl/N-ethyl adjacent to an activating group) is 1. The minimum atomic E-state index is 0.108. The van der Waals surface area contributed by atoms with Gasteiger partial charge >= 0.3 is 0 Å². The van der Waals surface area contributed by atoms with E-state index in [1.807, 2.05) is 54.6 Å². The van der Waals surface area contributed by atoms with Crippen LogP contribution in [0.2, 0.25) is 0 Å². The summed E-state index contributed by atoms with van der Waals surface area (Å²) in [6, 6.07) is 20.1. The lowest BCUT2D eigenvalue weighted by Crippen LogP contribution is -2.27. The lowest BCUT2D eigenvalue weighted by Gasteiger charge is -2.27.